The fourth-order valence-corrected chi connectivity index (χ4v) is 3.06. The van der Waals surface area contributed by atoms with Crippen LogP contribution in [0, 0.1) is 0 Å². The second-order valence-electron chi connectivity index (χ2n) is 6.32. The van der Waals surface area contributed by atoms with Crippen LogP contribution in [0.2, 0.25) is 0 Å². The molecule has 0 aliphatic carbocycles. The van der Waals surface area contributed by atoms with E-state index in [1.807, 2.05) is 31.0 Å². The van der Waals surface area contributed by atoms with Crippen molar-refractivity contribution in [3.05, 3.63) is 65.5 Å². The molecule has 0 unspecified atom stereocenters. The van der Waals surface area contributed by atoms with Gasteiger partial charge in [-0.2, -0.15) is 0 Å². The lowest BCUT2D eigenvalue weighted by Crippen LogP contribution is -2.42. The highest BCUT2D eigenvalue weighted by atomic mass is 16.3. The highest BCUT2D eigenvalue weighted by molar-refractivity contribution is 6.21. The van der Waals surface area contributed by atoms with Gasteiger partial charge >= 0.3 is 0 Å². The van der Waals surface area contributed by atoms with Gasteiger partial charge in [0, 0.05) is 25.0 Å². The fraction of sp³-hybridized carbons (Fsp3) is 0.316. The highest BCUT2D eigenvalue weighted by Crippen LogP contribution is 2.23. The lowest BCUT2D eigenvalue weighted by Gasteiger charge is -2.28. The lowest BCUT2D eigenvalue weighted by atomic mass is 10.1. The van der Waals surface area contributed by atoms with Crippen LogP contribution in [0.25, 0.3) is 0 Å². The molecule has 2 aromatic rings. The third-order valence-corrected chi connectivity index (χ3v) is 4.62. The summed E-state index contributed by atoms with van der Waals surface area (Å²) in [7, 11) is 1.90. The maximum Gasteiger partial charge on any atom is 0.261 e. The Hall–Kier alpha value is -2.57. The van der Waals surface area contributed by atoms with Gasteiger partial charge in [-0.25, -0.2) is 0 Å². The maximum atomic E-state index is 12.4. The van der Waals surface area contributed by atoms with Crippen molar-refractivity contribution in [2.75, 3.05) is 20.1 Å². The number of nitrogens with zero attached hydrogens (tertiary/aromatic N) is 3. The van der Waals surface area contributed by atoms with Crippen LogP contribution in [0.3, 0.4) is 0 Å². The summed E-state index contributed by atoms with van der Waals surface area (Å²) in [5.74, 6) is -0.686. The standard InChI is InChI=1S/C19H21N3O3/c1-13(14-7-9-20-10-8-14)21(2)11-15(23)12-22-18(24)16-5-3-4-6-17(16)19(22)25/h3-10,13,15,23H,11-12H2,1-2H3/t13-,15-/m0/s1. The van der Waals surface area contributed by atoms with E-state index in [0.717, 1.165) is 10.5 Å². The summed E-state index contributed by atoms with van der Waals surface area (Å²) in [6, 6.07) is 10.7. The molecule has 3 rings (SSSR count). The molecule has 0 bridgehead atoms. The third kappa shape index (κ3) is 3.45. The number of hydrogen-bond acceptors (Lipinski definition) is 5. The van der Waals surface area contributed by atoms with E-state index in [4.69, 9.17) is 0 Å². The van der Waals surface area contributed by atoms with E-state index in [1.54, 1.807) is 36.7 Å². The molecule has 0 saturated heterocycles. The van der Waals surface area contributed by atoms with Gasteiger partial charge in [-0.05, 0) is 43.8 Å². The minimum absolute atomic E-state index is 0.0141. The monoisotopic (exact) mass is 339 g/mol. The summed E-state index contributed by atoms with van der Waals surface area (Å²) in [6.07, 6.45) is 2.64. The number of fused-ring (bicyclic) bond motifs is 1. The Morgan fingerprint density at radius 1 is 1.08 bits per heavy atom. The van der Waals surface area contributed by atoms with Gasteiger partial charge in [0.25, 0.3) is 11.8 Å². The molecule has 6 nitrogen and oxygen atoms in total. The molecule has 0 fully saturated rings. The summed E-state index contributed by atoms with van der Waals surface area (Å²) in [5, 5.41) is 10.4. The normalized spacial score (nSPS) is 16.2. The number of β-amino-alcohol motifs (C(OH)–C–C–N with tert-alkyl or cyclic N) is 1. The first kappa shape index (κ1) is 17.3. The summed E-state index contributed by atoms with van der Waals surface area (Å²) in [4.78, 5) is 31.8. The van der Waals surface area contributed by atoms with Crippen LogP contribution in [0.15, 0.2) is 48.8 Å². The summed E-state index contributed by atoms with van der Waals surface area (Å²) < 4.78 is 0. The number of aliphatic hydroxyl groups excluding tert-OH is 1. The molecule has 0 radical (unpaired) electrons. The molecule has 2 atom stereocenters. The van der Waals surface area contributed by atoms with Crippen LogP contribution in [0.4, 0.5) is 0 Å². The Morgan fingerprint density at radius 3 is 2.20 bits per heavy atom. The second kappa shape index (κ2) is 7.13. The van der Waals surface area contributed by atoms with E-state index in [0.29, 0.717) is 17.7 Å². The van der Waals surface area contributed by atoms with Crippen molar-refractivity contribution in [1.82, 2.24) is 14.8 Å². The number of imide groups is 1. The molecule has 1 aromatic carbocycles. The van der Waals surface area contributed by atoms with Gasteiger partial charge in [0.15, 0.2) is 0 Å². The molecule has 1 aliphatic heterocycles. The molecule has 0 saturated carbocycles. The number of likely N-dealkylation sites (N-methyl/N-ethyl adjacent to an activating group) is 1. The van der Waals surface area contributed by atoms with Crippen LogP contribution in [0.1, 0.15) is 39.2 Å². The van der Waals surface area contributed by atoms with E-state index in [1.165, 1.54) is 0 Å². The quantitative estimate of drug-likeness (QED) is 0.812. The van der Waals surface area contributed by atoms with Crippen LogP contribution in [-0.4, -0.2) is 57.9 Å². The number of aliphatic hydroxyl groups is 1. The molecule has 1 aromatic heterocycles. The number of aromatic nitrogens is 1. The maximum absolute atomic E-state index is 12.4. The van der Waals surface area contributed by atoms with E-state index in [2.05, 4.69) is 4.98 Å². The number of benzene rings is 1. The van der Waals surface area contributed by atoms with Crippen molar-refractivity contribution in [2.24, 2.45) is 0 Å². The molecular weight excluding hydrogens is 318 g/mol. The van der Waals surface area contributed by atoms with Crippen LogP contribution in [-0.2, 0) is 0 Å². The van der Waals surface area contributed by atoms with Gasteiger partial charge in [-0.1, -0.05) is 12.1 Å². The Morgan fingerprint density at radius 2 is 1.64 bits per heavy atom. The second-order valence-corrected chi connectivity index (χ2v) is 6.32. The minimum atomic E-state index is -0.823. The van der Waals surface area contributed by atoms with Crippen molar-refractivity contribution in [2.45, 2.75) is 19.1 Å². The zero-order valence-electron chi connectivity index (χ0n) is 14.3. The Kier molecular flexibility index (Phi) is 4.92. The third-order valence-electron chi connectivity index (χ3n) is 4.62. The number of rotatable bonds is 6. The predicted octanol–water partition coefficient (Wildman–Crippen LogP) is 1.73. The van der Waals surface area contributed by atoms with Gasteiger partial charge in [0.2, 0.25) is 0 Å². The van der Waals surface area contributed by atoms with Crippen molar-refractivity contribution >= 4 is 11.8 Å². The van der Waals surface area contributed by atoms with E-state index in [-0.39, 0.29) is 24.4 Å². The SMILES string of the molecule is C[C@@H](c1ccncc1)N(C)C[C@H](O)CN1C(=O)c2ccccc2C1=O. The number of carbonyl (C=O) groups is 2. The first-order valence-electron chi connectivity index (χ1n) is 8.22. The number of carbonyl (C=O) groups excluding carboxylic acids is 2. The number of pyridine rings is 1. The molecule has 6 heteroatoms. The van der Waals surface area contributed by atoms with Crippen LogP contribution in [0.5, 0.6) is 0 Å². The molecular formula is C19H21N3O3. The molecule has 2 amide bonds. The highest BCUT2D eigenvalue weighted by Gasteiger charge is 2.36. The van der Waals surface area contributed by atoms with Gasteiger partial charge in [-0.3, -0.25) is 24.4 Å². The van der Waals surface area contributed by atoms with Crippen molar-refractivity contribution in [3.63, 3.8) is 0 Å². The van der Waals surface area contributed by atoms with Crippen molar-refractivity contribution < 1.29 is 14.7 Å². The van der Waals surface area contributed by atoms with Crippen molar-refractivity contribution in [3.8, 4) is 0 Å². The van der Waals surface area contributed by atoms with Gasteiger partial charge in [0.1, 0.15) is 0 Å². The fourth-order valence-electron chi connectivity index (χ4n) is 3.06. The summed E-state index contributed by atoms with van der Waals surface area (Å²) in [5.41, 5.74) is 1.89. The van der Waals surface area contributed by atoms with E-state index < -0.39 is 6.10 Å². The lowest BCUT2D eigenvalue weighted by molar-refractivity contribution is 0.0466. The van der Waals surface area contributed by atoms with E-state index >= 15 is 0 Å². The first-order chi connectivity index (χ1) is 12.0. The zero-order valence-corrected chi connectivity index (χ0v) is 14.3. The molecule has 1 N–H and O–H groups in total. The smallest absolute Gasteiger partial charge is 0.261 e. The topological polar surface area (TPSA) is 73.7 Å². The Bertz CT molecular complexity index is 743. The molecule has 25 heavy (non-hydrogen) atoms. The summed E-state index contributed by atoms with van der Waals surface area (Å²) in [6.45, 7) is 2.36. The molecule has 1 aliphatic rings. The van der Waals surface area contributed by atoms with Crippen LogP contribution >= 0.6 is 0 Å². The largest absolute Gasteiger partial charge is 0.390 e. The first-order valence-corrected chi connectivity index (χ1v) is 8.22. The average molecular weight is 339 g/mol. The average Bonchev–Trinajstić information content (AvgIpc) is 2.87. The Labute approximate surface area is 146 Å². The minimum Gasteiger partial charge on any atom is -0.390 e. The van der Waals surface area contributed by atoms with Gasteiger partial charge < -0.3 is 5.11 Å². The van der Waals surface area contributed by atoms with Gasteiger partial charge in [-0.15, -0.1) is 0 Å². The van der Waals surface area contributed by atoms with Crippen LogP contribution < -0.4 is 0 Å². The number of hydrogen-bond donors (Lipinski definition) is 1. The molecule has 2 heterocycles. The molecule has 0 spiro atoms. The molecule has 130 valence electrons. The zero-order chi connectivity index (χ0) is 18.0. The number of amides is 2. The van der Waals surface area contributed by atoms with Gasteiger partial charge in [0.05, 0.1) is 23.8 Å². The van der Waals surface area contributed by atoms with E-state index in [9.17, 15) is 14.7 Å². The summed E-state index contributed by atoms with van der Waals surface area (Å²) >= 11 is 0. The Balaban J connectivity index is 1.62. The van der Waals surface area contributed by atoms with Crippen molar-refractivity contribution in [1.29, 1.82) is 0 Å². The predicted molar refractivity (Wildman–Crippen MR) is 93.1 cm³/mol.